The van der Waals surface area contributed by atoms with Gasteiger partial charge in [0.15, 0.2) is 0 Å². The molecule has 1 aliphatic rings. The van der Waals surface area contributed by atoms with E-state index >= 15 is 0 Å². The Bertz CT molecular complexity index is 207. The van der Waals surface area contributed by atoms with Gasteiger partial charge in [0.1, 0.15) is 6.04 Å². The highest BCUT2D eigenvalue weighted by Gasteiger charge is 2.23. The molecular weight excluding hydrogens is 192 g/mol. The summed E-state index contributed by atoms with van der Waals surface area (Å²) in [5, 5.41) is 8.74. The van der Waals surface area contributed by atoms with Crippen molar-refractivity contribution in [1.82, 2.24) is 4.90 Å². The predicted octanol–water partition coefficient (Wildman–Crippen LogP) is 0.910. The van der Waals surface area contributed by atoms with Gasteiger partial charge in [0.05, 0.1) is 0 Å². The third-order valence-electron chi connectivity index (χ3n) is 3.05. The Balaban J connectivity index is 2.32. The molecule has 0 spiro atoms. The Hall–Kier alpha value is -0.610. The zero-order chi connectivity index (χ0) is 11.3. The first-order valence-corrected chi connectivity index (χ1v) is 5.84. The maximum Gasteiger partial charge on any atom is 0.320 e. The van der Waals surface area contributed by atoms with Crippen molar-refractivity contribution in [3.63, 3.8) is 0 Å². The SMILES string of the molecule is CCCN1CCCC(CC(N)C(=O)O)C1. The number of hydrogen-bond acceptors (Lipinski definition) is 3. The largest absolute Gasteiger partial charge is 0.480 e. The number of hydrogen-bond donors (Lipinski definition) is 2. The van der Waals surface area contributed by atoms with E-state index in [1.807, 2.05) is 0 Å². The molecule has 1 saturated heterocycles. The quantitative estimate of drug-likeness (QED) is 0.714. The van der Waals surface area contributed by atoms with Gasteiger partial charge < -0.3 is 15.7 Å². The van der Waals surface area contributed by atoms with Crippen molar-refractivity contribution in [2.45, 2.75) is 38.6 Å². The molecule has 2 unspecified atom stereocenters. The summed E-state index contributed by atoms with van der Waals surface area (Å²) >= 11 is 0. The molecule has 0 aliphatic carbocycles. The first-order chi connectivity index (χ1) is 7.13. The van der Waals surface area contributed by atoms with E-state index in [-0.39, 0.29) is 0 Å². The van der Waals surface area contributed by atoms with Crippen LogP contribution in [0, 0.1) is 5.92 Å². The van der Waals surface area contributed by atoms with Crippen LogP contribution in [0.1, 0.15) is 32.6 Å². The highest BCUT2D eigenvalue weighted by molar-refractivity contribution is 5.73. The number of nitrogens with two attached hydrogens (primary N) is 1. The van der Waals surface area contributed by atoms with Gasteiger partial charge in [-0.2, -0.15) is 0 Å². The van der Waals surface area contributed by atoms with E-state index in [1.165, 1.54) is 6.42 Å². The fourth-order valence-electron chi connectivity index (χ4n) is 2.32. The van der Waals surface area contributed by atoms with E-state index in [9.17, 15) is 4.79 Å². The van der Waals surface area contributed by atoms with E-state index < -0.39 is 12.0 Å². The number of nitrogens with zero attached hydrogens (tertiary/aromatic N) is 1. The average molecular weight is 214 g/mol. The molecule has 4 nitrogen and oxygen atoms in total. The lowest BCUT2D eigenvalue weighted by Gasteiger charge is -2.33. The zero-order valence-electron chi connectivity index (χ0n) is 9.48. The molecule has 0 aromatic rings. The molecule has 4 heteroatoms. The van der Waals surface area contributed by atoms with Gasteiger partial charge in [-0.25, -0.2) is 0 Å². The van der Waals surface area contributed by atoms with Crippen LogP contribution in [-0.2, 0) is 4.79 Å². The van der Waals surface area contributed by atoms with E-state index in [0.29, 0.717) is 12.3 Å². The van der Waals surface area contributed by atoms with Crippen molar-refractivity contribution in [2.24, 2.45) is 11.7 Å². The minimum absolute atomic E-state index is 0.469. The summed E-state index contributed by atoms with van der Waals surface area (Å²) in [4.78, 5) is 13.1. The van der Waals surface area contributed by atoms with Crippen LogP contribution in [0.4, 0.5) is 0 Å². The van der Waals surface area contributed by atoms with Crippen LogP contribution in [-0.4, -0.2) is 41.7 Å². The summed E-state index contributed by atoms with van der Waals surface area (Å²) in [6.45, 7) is 5.48. The van der Waals surface area contributed by atoms with Gasteiger partial charge in [0, 0.05) is 6.54 Å². The van der Waals surface area contributed by atoms with Gasteiger partial charge in [-0.3, -0.25) is 4.79 Å². The second kappa shape index (κ2) is 6.08. The Morgan fingerprint density at radius 2 is 2.40 bits per heavy atom. The third-order valence-corrected chi connectivity index (χ3v) is 3.05. The molecule has 1 rings (SSSR count). The monoisotopic (exact) mass is 214 g/mol. The maximum atomic E-state index is 10.6. The molecule has 1 aliphatic heterocycles. The minimum Gasteiger partial charge on any atom is -0.480 e. The lowest BCUT2D eigenvalue weighted by molar-refractivity contribution is -0.139. The molecular formula is C11H22N2O2. The van der Waals surface area contributed by atoms with Crippen LogP contribution >= 0.6 is 0 Å². The van der Waals surface area contributed by atoms with Gasteiger partial charge in [-0.15, -0.1) is 0 Å². The van der Waals surface area contributed by atoms with Crippen LogP contribution in [0.5, 0.6) is 0 Å². The van der Waals surface area contributed by atoms with Crippen LogP contribution in [0.3, 0.4) is 0 Å². The molecule has 15 heavy (non-hydrogen) atoms. The zero-order valence-corrected chi connectivity index (χ0v) is 9.48. The molecule has 3 N–H and O–H groups in total. The molecule has 0 saturated carbocycles. The molecule has 0 bridgehead atoms. The smallest absolute Gasteiger partial charge is 0.320 e. The maximum absolute atomic E-state index is 10.6. The van der Waals surface area contributed by atoms with Crippen molar-refractivity contribution in [2.75, 3.05) is 19.6 Å². The second-order valence-corrected chi connectivity index (χ2v) is 4.49. The second-order valence-electron chi connectivity index (χ2n) is 4.49. The van der Waals surface area contributed by atoms with Crippen LogP contribution < -0.4 is 5.73 Å². The van der Waals surface area contributed by atoms with Crippen molar-refractivity contribution in [3.05, 3.63) is 0 Å². The Labute approximate surface area is 91.4 Å². The fourth-order valence-corrected chi connectivity index (χ4v) is 2.32. The summed E-state index contributed by atoms with van der Waals surface area (Å²) in [5.74, 6) is -0.404. The van der Waals surface area contributed by atoms with Gasteiger partial charge in [0.2, 0.25) is 0 Å². The van der Waals surface area contributed by atoms with Gasteiger partial charge in [0.25, 0.3) is 0 Å². The summed E-state index contributed by atoms with van der Waals surface area (Å²) in [6.07, 6.45) is 4.09. The number of carboxylic acid groups (broad SMARTS) is 1. The normalized spacial score (nSPS) is 25.1. The number of aliphatic carboxylic acids is 1. The standard InChI is InChI=1S/C11H22N2O2/c1-2-5-13-6-3-4-9(8-13)7-10(12)11(14)15/h9-10H,2-8,12H2,1H3,(H,14,15). The summed E-state index contributed by atoms with van der Waals surface area (Å²) in [5.41, 5.74) is 5.55. The predicted molar refractivity (Wildman–Crippen MR) is 59.7 cm³/mol. The van der Waals surface area contributed by atoms with Crippen molar-refractivity contribution < 1.29 is 9.90 Å². The number of carboxylic acids is 1. The molecule has 2 atom stereocenters. The number of carbonyl (C=O) groups is 1. The topological polar surface area (TPSA) is 66.6 Å². The molecule has 1 heterocycles. The lowest BCUT2D eigenvalue weighted by Crippen LogP contribution is -2.40. The lowest BCUT2D eigenvalue weighted by atomic mass is 9.91. The van der Waals surface area contributed by atoms with Crippen molar-refractivity contribution in [1.29, 1.82) is 0 Å². The van der Waals surface area contributed by atoms with Crippen LogP contribution in [0.15, 0.2) is 0 Å². The Kier molecular flexibility index (Phi) is 5.05. The van der Waals surface area contributed by atoms with Crippen LogP contribution in [0.25, 0.3) is 0 Å². The average Bonchev–Trinajstić information content (AvgIpc) is 2.18. The number of likely N-dealkylation sites (tertiary alicyclic amines) is 1. The fraction of sp³-hybridized carbons (Fsp3) is 0.909. The van der Waals surface area contributed by atoms with E-state index in [2.05, 4.69) is 11.8 Å². The molecule has 1 fully saturated rings. The van der Waals surface area contributed by atoms with Gasteiger partial charge in [-0.1, -0.05) is 6.92 Å². The van der Waals surface area contributed by atoms with Crippen molar-refractivity contribution in [3.8, 4) is 0 Å². The molecule has 88 valence electrons. The number of piperidine rings is 1. The van der Waals surface area contributed by atoms with Gasteiger partial charge >= 0.3 is 5.97 Å². The highest BCUT2D eigenvalue weighted by atomic mass is 16.4. The van der Waals surface area contributed by atoms with E-state index in [0.717, 1.165) is 32.5 Å². The van der Waals surface area contributed by atoms with E-state index in [4.69, 9.17) is 10.8 Å². The minimum atomic E-state index is -0.873. The third kappa shape index (κ3) is 4.18. The molecule has 0 aromatic carbocycles. The van der Waals surface area contributed by atoms with Crippen molar-refractivity contribution >= 4 is 5.97 Å². The summed E-state index contributed by atoms with van der Waals surface area (Å²) in [6, 6.07) is -0.684. The Morgan fingerprint density at radius 1 is 1.67 bits per heavy atom. The summed E-state index contributed by atoms with van der Waals surface area (Å²) in [7, 11) is 0. The Morgan fingerprint density at radius 3 is 3.00 bits per heavy atom. The molecule has 0 amide bonds. The van der Waals surface area contributed by atoms with Gasteiger partial charge in [-0.05, 0) is 44.7 Å². The first-order valence-electron chi connectivity index (χ1n) is 5.84. The first kappa shape index (κ1) is 12.5. The highest BCUT2D eigenvalue weighted by Crippen LogP contribution is 2.20. The molecule has 0 aromatic heterocycles. The van der Waals surface area contributed by atoms with Crippen LogP contribution in [0.2, 0.25) is 0 Å². The molecule has 0 radical (unpaired) electrons. The van der Waals surface area contributed by atoms with E-state index in [1.54, 1.807) is 0 Å². The number of rotatable bonds is 5. The summed E-state index contributed by atoms with van der Waals surface area (Å²) < 4.78 is 0.